The molecule has 0 aliphatic rings. The molecule has 0 bridgehead atoms. The van der Waals surface area contributed by atoms with Crippen LogP contribution in [0.3, 0.4) is 0 Å². The summed E-state index contributed by atoms with van der Waals surface area (Å²) in [6, 6.07) is 1.42. The molecule has 5 nitrogen and oxygen atoms in total. The largest absolute Gasteiger partial charge is 0.478 e. The number of aromatic nitrogens is 1. The summed E-state index contributed by atoms with van der Waals surface area (Å²) in [5.74, 6) is -0.371. The Balaban J connectivity index is 2.43. The van der Waals surface area contributed by atoms with Crippen LogP contribution < -0.4 is 5.32 Å². The van der Waals surface area contributed by atoms with E-state index < -0.39 is 5.97 Å². The SMILES string of the molecule is CSCCCCCNC(=O)c1ccncc1C(=O)O. The van der Waals surface area contributed by atoms with E-state index in [2.05, 4.69) is 16.6 Å². The first-order valence-corrected chi connectivity index (χ1v) is 7.50. The Bertz CT molecular complexity index is 438. The van der Waals surface area contributed by atoms with Crippen molar-refractivity contribution >= 4 is 23.6 Å². The summed E-state index contributed by atoms with van der Waals surface area (Å²) >= 11 is 1.81. The number of hydrogen-bond donors (Lipinski definition) is 2. The van der Waals surface area contributed by atoms with Gasteiger partial charge in [-0.1, -0.05) is 6.42 Å². The highest BCUT2D eigenvalue weighted by Gasteiger charge is 2.15. The monoisotopic (exact) mass is 282 g/mol. The van der Waals surface area contributed by atoms with Crippen LogP contribution in [-0.2, 0) is 0 Å². The lowest BCUT2D eigenvalue weighted by Gasteiger charge is -2.07. The predicted molar refractivity (Wildman–Crippen MR) is 75.8 cm³/mol. The maximum Gasteiger partial charge on any atom is 0.338 e. The summed E-state index contributed by atoms with van der Waals surface area (Å²) in [4.78, 5) is 26.5. The van der Waals surface area contributed by atoms with Crippen LogP contribution in [-0.4, -0.2) is 40.5 Å². The summed E-state index contributed by atoms with van der Waals surface area (Å²) in [7, 11) is 0. The number of carbonyl (C=O) groups is 2. The predicted octanol–water partition coefficient (Wildman–Crippen LogP) is 2.04. The maximum absolute atomic E-state index is 11.9. The quantitative estimate of drug-likeness (QED) is 0.713. The molecule has 104 valence electrons. The number of rotatable bonds is 8. The first-order valence-electron chi connectivity index (χ1n) is 6.11. The van der Waals surface area contributed by atoms with Crippen molar-refractivity contribution in [1.82, 2.24) is 10.3 Å². The molecular formula is C13H18N2O3S. The highest BCUT2D eigenvalue weighted by molar-refractivity contribution is 7.98. The van der Waals surface area contributed by atoms with Crippen molar-refractivity contribution in [2.24, 2.45) is 0 Å². The van der Waals surface area contributed by atoms with E-state index in [1.54, 1.807) is 0 Å². The number of amides is 1. The molecule has 0 aliphatic heterocycles. The van der Waals surface area contributed by atoms with E-state index in [0.717, 1.165) is 25.0 Å². The van der Waals surface area contributed by atoms with E-state index in [4.69, 9.17) is 5.11 Å². The van der Waals surface area contributed by atoms with Gasteiger partial charge in [-0.15, -0.1) is 0 Å². The molecule has 0 saturated heterocycles. The number of hydrogen-bond acceptors (Lipinski definition) is 4. The molecule has 0 radical (unpaired) electrons. The van der Waals surface area contributed by atoms with Gasteiger partial charge in [-0.25, -0.2) is 4.79 Å². The fraction of sp³-hybridized carbons (Fsp3) is 0.462. The fourth-order valence-electron chi connectivity index (χ4n) is 1.61. The number of nitrogens with one attached hydrogen (secondary N) is 1. The molecule has 0 spiro atoms. The van der Waals surface area contributed by atoms with Crippen LogP contribution in [0, 0.1) is 0 Å². The zero-order chi connectivity index (χ0) is 14.1. The van der Waals surface area contributed by atoms with Gasteiger partial charge in [0.25, 0.3) is 5.91 Å². The van der Waals surface area contributed by atoms with E-state index in [1.165, 1.54) is 18.5 Å². The number of unbranched alkanes of at least 4 members (excludes halogenated alkanes) is 2. The Morgan fingerprint density at radius 3 is 2.79 bits per heavy atom. The van der Waals surface area contributed by atoms with Crippen LogP contribution >= 0.6 is 11.8 Å². The minimum Gasteiger partial charge on any atom is -0.478 e. The second-order valence-corrected chi connectivity index (χ2v) is 5.02. The second kappa shape index (κ2) is 8.53. The van der Waals surface area contributed by atoms with E-state index >= 15 is 0 Å². The average Bonchev–Trinajstić information content (AvgIpc) is 2.42. The van der Waals surface area contributed by atoms with Gasteiger partial charge in [-0.2, -0.15) is 11.8 Å². The Morgan fingerprint density at radius 2 is 2.11 bits per heavy atom. The lowest BCUT2D eigenvalue weighted by Crippen LogP contribution is -2.26. The summed E-state index contributed by atoms with van der Waals surface area (Å²) < 4.78 is 0. The number of aromatic carboxylic acids is 1. The van der Waals surface area contributed by atoms with Crippen molar-refractivity contribution in [2.75, 3.05) is 18.6 Å². The average molecular weight is 282 g/mol. The molecule has 0 atom stereocenters. The maximum atomic E-state index is 11.9. The topological polar surface area (TPSA) is 79.3 Å². The highest BCUT2D eigenvalue weighted by atomic mass is 32.2. The number of carboxylic acid groups (broad SMARTS) is 1. The minimum absolute atomic E-state index is 0.0672. The number of carbonyl (C=O) groups excluding carboxylic acids is 1. The van der Waals surface area contributed by atoms with Crippen molar-refractivity contribution in [3.8, 4) is 0 Å². The third kappa shape index (κ3) is 5.30. The van der Waals surface area contributed by atoms with Gasteiger partial charge in [0.1, 0.15) is 0 Å². The molecular weight excluding hydrogens is 264 g/mol. The third-order valence-electron chi connectivity index (χ3n) is 2.61. The summed E-state index contributed by atoms with van der Waals surface area (Å²) in [5, 5.41) is 11.7. The number of carboxylic acids is 1. The first-order chi connectivity index (χ1) is 9.16. The molecule has 1 rings (SSSR count). The van der Waals surface area contributed by atoms with Crippen LogP contribution in [0.1, 0.15) is 40.0 Å². The molecule has 0 unspecified atom stereocenters. The molecule has 1 aromatic rings. The standard InChI is InChI=1S/C13H18N2O3S/c1-19-8-4-2-3-6-15-12(16)10-5-7-14-9-11(10)13(17)18/h5,7,9H,2-4,6,8H2,1H3,(H,15,16)(H,17,18). The molecule has 0 aliphatic carbocycles. The molecule has 1 heterocycles. The van der Waals surface area contributed by atoms with Gasteiger partial charge in [-0.05, 0) is 30.9 Å². The number of nitrogens with zero attached hydrogens (tertiary/aromatic N) is 1. The van der Waals surface area contributed by atoms with Crippen LogP contribution in [0.25, 0.3) is 0 Å². The van der Waals surface area contributed by atoms with Crippen molar-refractivity contribution < 1.29 is 14.7 Å². The van der Waals surface area contributed by atoms with Crippen molar-refractivity contribution in [2.45, 2.75) is 19.3 Å². The Kier molecular flexibility index (Phi) is 6.95. The summed E-state index contributed by atoms with van der Waals surface area (Å²) in [5.41, 5.74) is 0.0917. The summed E-state index contributed by atoms with van der Waals surface area (Å²) in [6.45, 7) is 0.564. The normalized spacial score (nSPS) is 10.2. The Hall–Kier alpha value is -1.56. The lowest BCUT2D eigenvalue weighted by molar-refractivity contribution is 0.0690. The molecule has 6 heteroatoms. The zero-order valence-electron chi connectivity index (χ0n) is 10.9. The van der Waals surface area contributed by atoms with Gasteiger partial charge in [0.05, 0.1) is 11.1 Å². The molecule has 19 heavy (non-hydrogen) atoms. The molecule has 0 saturated carbocycles. The van der Waals surface area contributed by atoms with Crippen molar-refractivity contribution in [3.63, 3.8) is 0 Å². The smallest absolute Gasteiger partial charge is 0.338 e. The van der Waals surface area contributed by atoms with E-state index in [-0.39, 0.29) is 17.0 Å². The lowest BCUT2D eigenvalue weighted by atomic mass is 10.1. The van der Waals surface area contributed by atoms with Crippen LogP contribution in [0.4, 0.5) is 0 Å². The van der Waals surface area contributed by atoms with Gasteiger partial charge in [0, 0.05) is 18.9 Å². The van der Waals surface area contributed by atoms with E-state index in [1.807, 2.05) is 11.8 Å². The van der Waals surface area contributed by atoms with Crippen molar-refractivity contribution in [3.05, 3.63) is 29.6 Å². The van der Waals surface area contributed by atoms with Crippen LogP contribution in [0.15, 0.2) is 18.5 Å². The number of pyridine rings is 1. The third-order valence-corrected chi connectivity index (χ3v) is 3.30. The van der Waals surface area contributed by atoms with Gasteiger partial charge in [0.2, 0.25) is 0 Å². The molecule has 0 aromatic carbocycles. The fourth-order valence-corrected chi connectivity index (χ4v) is 2.10. The first kappa shape index (κ1) is 15.5. The van der Waals surface area contributed by atoms with Gasteiger partial charge in [-0.3, -0.25) is 9.78 Å². The molecule has 0 fully saturated rings. The van der Waals surface area contributed by atoms with Crippen LogP contribution in [0.5, 0.6) is 0 Å². The number of thioether (sulfide) groups is 1. The van der Waals surface area contributed by atoms with E-state index in [9.17, 15) is 9.59 Å². The van der Waals surface area contributed by atoms with E-state index in [0.29, 0.717) is 6.54 Å². The Labute approximate surface area is 116 Å². The minimum atomic E-state index is -1.14. The molecule has 1 aromatic heterocycles. The summed E-state index contributed by atoms with van der Waals surface area (Å²) in [6.07, 6.45) is 7.77. The van der Waals surface area contributed by atoms with Gasteiger partial charge >= 0.3 is 5.97 Å². The van der Waals surface area contributed by atoms with Crippen LogP contribution in [0.2, 0.25) is 0 Å². The van der Waals surface area contributed by atoms with Crippen molar-refractivity contribution in [1.29, 1.82) is 0 Å². The van der Waals surface area contributed by atoms with Gasteiger partial charge in [0.15, 0.2) is 0 Å². The molecule has 2 N–H and O–H groups in total. The van der Waals surface area contributed by atoms with Gasteiger partial charge < -0.3 is 10.4 Å². The second-order valence-electron chi connectivity index (χ2n) is 4.04. The molecule has 1 amide bonds. The Morgan fingerprint density at radius 1 is 1.32 bits per heavy atom. The highest BCUT2D eigenvalue weighted by Crippen LogP contribution is 2.07. The zero-order valence-corrected chi connectivity index (χ0v) is 11.7.